The van der Waals surface area contributed by atoms with Gasteiger partial charge in [0.05, 0.1) is 25.0 Å². The lowest BCUT2D eigenvalue weighted by Crippen LogP contribution is -2.15. The van der Waals surface area contributed by atoms with E-state index in [1.165, 1.54) is 5.56 Å². The van der Waals surface area contributed by atoms with Gasteiger partial charge in [0.15, 0.2) is 0 Å². The lowest BCUT2D eigenvalue weighted by molar-refractivity contribution is 0.340. The summed E-state index contributed by atoms with van der Waals surface area (Å²) in [4.78, 5) is 6.42. The van der Waals surface area contributed by atoms with Crippen molar-refractivity contribution in [2.24, 2.45) is 7.05 Å². The van der Waals surface area contributed by atoms with Crippen LogP contribution >= 0.6 is 0 Å². The number of anilines is 2. The molecule has 114 valence electrons. The topological polar surface area (TPSA) is 42.3 Å². The van der Waals surface area contributed by atoms with Gasteiger partial charge in [-0.05, 0) is 37.6 Å². The normalized spacial score (nSPS) is 10.5. The molecule has 0 unspecified atom stereocenters. The van der Waals surface area contributed by atoms with Crippen LogP contribution in [-0.2, 0) is 13.6 Å². The molecule has 0 saturated heterocycles. The van der Waals surface area contributed by atoms with Gasteiger partial charge in [0, 0.05) is 26.8 Å². The first-order chi connectivity index (χ1) is 10.0. The lowest BCUT2D eigenvalue weighted by atomic mass is 10.2. The Balaban J connectivity index is 2.06. The van der Waals surface area contributed by atoms with Crippen LogP contribution in [0.5, 0.6) is 5.75 Å². The second kappa shape index (κ2) is 6.52. The van der Waals surface area contributed by atoms with Gasteiger partial charge in [-0.25, -0.2) is 4.98 Å². The summed E-state index contributed by atoms with van der Waals surface area (Å²) in [5.41, 5.74) is 3.44. The minimum absolute atomic E-state index is 0.689. The average Bonchev–Trinajstić information content (AvgIpc) is 2.80. The van der Waals surface area contributed by atoms with Crippen molar-refractivity contribution in [2.45, 2.75) is 20.4 Å². The second-order valence-corrected chi connectivity index (χ2v) is 5.27. The number of hydrogen-bond acceptors (Lipinski definition) is 4. The van der Waals surface area contributed by atoms with Gasteiger partial charge in [0.1, 0.15) is 5.75 Å². The fourth-order valence-corrected chi connectivity index (χ4v) is 2.29. The smallest absolute Gasteiger partial charge is 0.204 e. The molecular weight excluding hydrogens is 264 g/mol. The van der Waals surface area contributed by atoms with Gasteiger partial charge in [-0.15, -0.1) is 0 Å². The van der Waals surface area contributed by atoms with Crippen LogP contribution in [0, 0.1) is 6.92 Å². The third-order valence-electron chi connectivity index (χ3n) is 3.43. The Hall–Kier alpha value is -2.17. The Bertz CT molecular complexity index is 604. The van der Waals surface area contributed by atoms with Gasteiger partial charge >= 0.3 is 0 Å². The van der Waals surface area contributed by atoms with Crippen molar-refractivity contribution in [1.82, 2.24) is 9.55 Å². The summed E-state index contributed by atoms with van der Waals surface area (Å²) in [6, 6.07) is 6.11. The first-order valence-corrected chi connectivity index (χ1v) is 7.18. The molecule has 1 heterocycles. The van der Waals surface area contributed by atoms with Crippen molar-refractivity contribution in [3.8, 4) is 5.75 Å². The lowest BCUT2D eigenvalue weighted by Gasteiger charge is -2.14. The molecule has 0 amide bonds. The predicted molar refractivity (Wildman–Crippen MR) is 87.2 cm³/mol. The molecule has 0 aliphatic carbocycles. The summed E-state index contributed by atoms with van der Waals surface area (Å²) in [6.07, 6.45) is 1.91. The second-order valence-electron chi connectivity index (χ2n) is 5.27. The molecule has 21 heavy (non-hydrogen) atoms. The zero-order chi connectivity index (χ0) is 15.4. The van der Waals surface area contributed by atoms with Gasteiger partial charge in [-0.1, -0.05) is 0 Å². The Labute approximate surface area is 126 Å². The fraction of sp³-hybridized carbons (Fsp3) is 0.438. The van der Waals surface area contributed by atoms with Gasteiger partial charge in [-0.2, -0.15) is 0 Å². The number of benzene rings is 1. The molecule has 2 aromatic rings. The number of hydrogen-bond donors (Lipinski definition) is 1. The standard InChI is InChI=1S/C16H24N4O/c1-6-21-14-7-8-15(12(2)9-14)17-10-13-11-18-16(19(3)4)20(13)5/h7-9,11,17H,6,10H2,1-5H3. The van der Waals surface area contributed by atoms with E-state index in [0.29, 0.717) is 6.61 Å². The molecule has 0 saturated carbocycles. The van der Waals surface area contributed by atoms with E-state index in [1.54, 1.807) is 0 Å². The maximum Gasteiger partial charge on any atom is 0.204 e. The van der Waals surface area contributed by atoms with Crippen LogP contribution in [0.25, 0.3) is 0 Å². The van der Waals surface area contributed by atoms with E-state index < -0.39 is 0 Å². The number of aromatic nitrogens is 2. The van der Waals surface area contributed by atoms with Crippen LogP contribution in [0.15, 0.2) is 24.4 Å². The van der Waals surface area contributed by atoms with Crippen molar-refractivity contribution in [2.75, 3.05) is 30.9 Å². The first kappa shape index (κ1) is 15.2. The monoisotopic (exact) mass is 288 g/mol. The molecule has 0 aliphatic heterocycles. The number of nitrogens with one attached hydrogen (secondary N) is 1. The molecule has 0 spiro atoms. The number of nitrogens with zero attached hydrogens (tertiary/aromatic N) is 3. The van der Waals surface area contributed by atoms with Gasteiger partial charge < -0.3 is 19.5 Å². The highest BCUT2D eigenvalue weighted by molar-refractivity contribution is 5.53. The van der Waals surface area contributed by atoms with Gasteiger partial charge in [0.2, 0.25) is 5.95 Å². The third kappa shape index (κ3) is 3.48. The fourth-order valence-electron chi connectivity index (χ4n) is 2.29. The van der Waals surface area contributed by atoms with Crippen LogP contribution in [0.3, 0.4) is 0 Å². The van der Waals surface area contributed by atoms with Crippen LogP contribution in [0.2, 0.25) is 0 Å². The summed E-state index contributed by atoms with van der Waals surface area (Å²) >= 11 is 0. The van der Waals surface area contributed by atoms with Crippen molar-refractivity contribution < 1.29 is 4.74 Å². The van der Waals surface area contributed by atoms with E-state index in [2.05, 4.69) is 33.9 Å². The van der Waals surface area contributed by atoms with E-state index in [4.69, 9.17) is 4.74 Å². The molecule has 1 N–H and O–H groups in total. The van der Waals surface area contributed by atoms with Crippen molar-refractivity contribution in [3.05, 3.63) is 35.7 Å². The molecule has 0 fully saturated rings. The van der Waals surface area contributed by atoms with E-state index in [1.807, 2.05) is 45.2 Å². The van der Waals surface area contributed by atoms with Crippen molar-refractivity contribution >= 4 is 11.6 Å². The molecule has 0 radical (unpaired) electrons. The summed E-state index contributed by atoms with van der Waals surface area (Å²) in [7, 11) is 6.02. The SMILES string of the molecule is CCOc1ccc(NCc2cnc(N(C)C)n2C)c(C)c1. The zero-order valence-corrected chi connectivity index (χ0v) is 13.5. The number of imidazole rings is 1. The number of aryl methyl sites for hydroxylation is 1. The van der Waals surface area contributed by atoms with Crippen LogP contribution in [-0.4, -0.2) is 30.3 Å². The van der Waals surface area contributed by atoms with E-state index in [0.717, 1.165) is 29.6 Å². The molecule has 0 bridgehead atoms. The summed E-state index contributed by atoms with van der Waals surface area (Å²) < 4.78 is 7.60. The Kier molecular flexibility index (Phi) is 4.73. The molecular formula is C16H24N4O. The maximum absolute atomic E-state index is 5.51. The Morgan fingerprint density at radius 1 is 1.33 bits per heavy atom. The van der Waals surface area contributed by atoms with Gasteiger partial charge in [-0.3, -0.25) is 0 Å². The van der Waals surface area contributed by atoms with Crippen LogP contribution in [0.1, 0.15) is 18.2 Å². The Morgan fingerprint density at radius 2 is 2.10 bits per heavy atom. The minimum Gasteiger partial charge on any atom is -0.494 e. The largest absolute Gasteiger partial charge is 0.494 e. The predicted octanol–water partition coefficient (Wildman–Crippen LogP) is 2.81. The van der Waals surface area contributed by atoms with Crippen molar-refractivity contribution in [3.63, 3.8) is 0 Å². The van der Waals surface area contributed by atoms with E-state index >= 15 is 0 Å². The molecule has 1 aromatic carbocycles. The third-order valence-corrected chi connectivity index (χ3v) is 3.43. The highest BCUT2D eigenvalue weighted by Crippen LogP contribution is 2.22. The van der Waals surface area contributed by atoms with Crippen LogP contribution < -0.4 is 15.0 Å². The molecule has 5 heteroatoms. The minimum atomic E-state index is 0.689. The first-order valence-electron chi connectivity index (χ1n) is 7.18. The molecule has 0 atom stereocenters. The highest BCUT2D eigenvalue weighted by Gasteiger charge is 2.08. The molecule has 2 rings (SSSR count). The highest BCUT2D eigenvalue weighted by atomic mass is 16.5. The molecule has 1 aromatic heterocycles. The molecule has 5 nitrogen and oxygen atoms in total. The van der Waals surface area contributed by atoms with E-state index in [9.17, 15) is 0 Å². The Morgan fingerprint density at radius 3 is 2.67 bits per heavy atom. The van der Waals surface area contributed by atoms with Crippen LogP contribution in [0.4, 0.5) is 11.6 Å². The summed E-state index contributed by atoms with van der Waals surface area (Å²) in [6.45, 7) is 5.51. The summed E-state index contributed by atoms with van der Waals surface area (Å²) in [5, 5.41) is 3.46. The molecule has 0 aliphatic rings. The van der Waals surface area contributed by atoms with E-state index in [-0.39, 0.29) is 0 Å². The summed E-state index contributed by atoms with van der Waals surface area (Å²) in [5.74, 6) is 1.87. The van der Waals surface area contributed by atoms with Gasteiger partial charge in [0.25, 0.3) is 0 Å². The number of rotatable bonds is 6. The quantitative estimate of drug-likeness (QED) is 0.887. The van der Waals surface area contributed by atoms with Crippen molar-refractivity contribution in [1.29, 1.82) is 0 Å². The number of ether oxygens (including phenoxy) is 1. The zero-order valence-electron chi connectivity index (χ0n) is 13.5. The maximum atomic E-state index is 5.51. The average molecular weight is 288 g/mol.